The van der Waals surface area contributed by atoms with Crippen LogP contribution in [0.15, 0.2) is 12.2 Å². The summed E-state index contributed by atoms with van der Waals surface area (Å²) in [6.07, 6.45) is 37.0. The summed E-state index contributed by atoms with van der Waals surface area (Å²) in [6.45, 7) is 2.80. The highest BCUT2D eigenvalue weighted by atomic mass is 31.2. The Morgan fingerprint density at radius 2 is 0.926 bits per heavy atom. The summed E-state index contributed by atoms with van der Waals surface area (Å²) < 4.78 is 32.7. The van der Waals surface area contributed by atoms with Crippen molar-refractivity contribution in [1.29, 1.82) is 0 Å². The molecule has 0 aromatic heterocycles. The van der Waals surface area contributed by atoms with Crippen molar-refractivity contribution >= 4 is 25.7 Å². The zero-order valence-electron chi connectivity index (χ0n) is 34.3. The van der Waals surface area contributed by atoms with E-state index in [9.17, 15) is 23.8 Å². The molecule has 0 heterocycles. The molecule has 0 amide bonds. The van der Waals surface area contributed by atoms with E-state index in [0.29, 0.717) is 12.8 Å². The molecule has 0 saturated carbocycles. The molecule has 0 aromatic rings. The van der Waals surface area contributed by atoms with Crippen LogP contribution in [-0.4, -0.2) is 59.9 Å². The van der Waals surface area contributed by atoms with Gasteiger partial charge >= 0.3 is 25.7 Å². The van der Waals surface area contributed by atoms with Gasteiger partial charge < -0.3 is 25.2 Å². The maximum atomic E-state index is 12.6. The molecule has 12 heteroatoms. The number of phosphoric acid groups is 1. The molecular weight excluding hydrogens is 709 g/mol. The van der Waals surface area contributed by atoms with E-state index < -0.39 is 51.1 Å². The SMILES string of the molecule is CCCCCCCC/C=C\CCCCCCCCCCCC(=O)OC(COC(=O)CCCCCCCCCCCCC)COP(=O)(O)OCC(N)C(=O)O. The Balaban J connectivity index is 4.30. The van der Waals surface area contributed by atoms with Crippen LogP contribution in [0, 0.1) is 0 Å². The van der Waals surface area contributed by atoms with Crippen LogP contribution in [0.4, 0.5) is 0 Å². The predicted molar refractivity (Wildman–Crippen MR) is 217 cm³/mol. The number of hydrogen-bond acceptors (Lipinski definition) is 9. The van der Waals surface area contributed by atoms with Crippen molar-refractivity contribution in [2.45, 2.75) is 219 Å². The average molecular weight is 790 g/mol. The van der Waals surface area contributed by atoms with Crippen LogP contribution in [0.3, 0.4) is 0 Å². The number of allylic oxidation sites excluding steroid dienone is 2. The second-order valence-electron chi connectivity index (χ2n) is 14.8. The molecule has 0 aliphatic heterocycles. The molecule has 0 aliphatic carbocycles. The molecular formula is C42H80NO10P. The van der Waals surface area contributed by atoms with Crippen LogP contribution in [-0.2, 0) is 37.5 Å². The van der Waals surface area contributed by atoms with E-state index in [0.717, 1.165) is 38.5 Å². The highest BCUT2D eigenvalue weighted by molar-refractivity contribution is 7.47. The molecule has 318 valence electrons. The van der Waals surface area contributed by atoms with Gasteiger partial charge in [0, 0.05) is 12.8 Å². The molecule has 0 bridgehead atoms. The first-order valence-electron chi connectivity index (χ1n) is 21.7. The Hall–Kier alpha value is -1.78. The summed E-state index contributed by atoms with van der Waals surface area (Å²) in [5.74, 6) is -2.37. The molecule has 0 aliphatic rings. The zero-order valence-corrected chi connectivity index (χ0v) is 35.2. The van der Waals surface area contributed by atoms with E-state index in [1.807, 2.05) is 0 Å². The van der Waals surface area contributed by atoms with Crippen LogP contribution in [0.5, 0.6) is 0 Å². The standard InChI is InChI=1S/C42H80NO10P/c1-3-5-7-9-11-13-15-16-17-18-19-20-21-22-24-26-28-30-32-34-41(45)53-38(36-51-54(48,49)52-37-39(43)42(46)47)35-50-40(44)33-31-29-27-25-23-14-12-10-8-6-4-2/h16-17,38-39H,3-15,18-37,43H2,1-2H3,(H,46,47)(H,48,49)/b17-16-. The molecule has 0 spiro atoms. The van der Waals surface area contributed by atoms with Gasteiger partial charge in [0.15, 0.2) is 6.10 Å². The van der Waals surface area contributed by atoms with Gasteiger partial charge in [0.25, 0.3) is 0 Å². The van der Waals surface area contributed by atoms with Crippen molar-refractivity contribution in [2.75, 3.05) is 19.8 Å². The number of carboxylic acid groups (broad SMARTS) is 1. The first-order valence-corrected chi connectivity index (χ1v) is 23.2. The van der Waals surface area contributed by atoms with Gasteiger partial charge in [-0.2, -0.15) is 0 Å². The minimum absolute atomic E-state index is 0.163. The van der Waals surface area contributed by atoms with Gasteiger partial charge in [0.2, 0.25) is 0 Å². The number of carboxylic acids is 1. The van der Waals surface area contributed by atoms with E-state index in [4.69, 9.17) is 24.8 Å². The summed E-state index contributed by atoms with van der Waals surface area (Å²) in [7, 11) is -4.71. The molecule has 3 unspecified atom stereocenters. The Morgan fingerprint density at radius 3 is 1.35 bits per heavy atom. The minimum Gasteiger partial charge on any atom is -0.480 e. The molecule has 0 saturated heterocycles. The van der Waals surface area contributed by atoms with Crippen molar-refractivity contribution < 1.29 is 47.5 Å². The number of aliphatic carboxylic acids is 1. The molecule has 0 radical (unpaired) electrons. The highest BCUT2D eigenvalue weighted by Crippen LogP contribution is 2.43. The van der Waals surface area contributed by atoms with Crippen LogP contribution in [0.2, 0.25) is 0 Å². The van der Waals surface area contributed by atoms with Crippen LogP contribution in [0.25, 0.3) is 0 Å². The van der Waals surface area contributed by atoms with Gasteiger partial charge in [-0.15, -0.1) is 0 Å². The first-order chi connectivity index (χ1) is 26.1. The fraction of sp³-hybridized carbons (Fsp3) is 0.881. The Bertz CT molecular complexity index is 979. The number of hydrogen-bond donors (Lipinski definition) is 3. The third-order valence-corrected chi connectivity index (χ3v) is 10.5. The fourth-order valence-electron chi connectivity index (χ4n) is 6.06. The predicted octanol–water partition coefficient (Wildman–Crippen LogP) is 11.3. The third-order valence-electron chi connectivity index (χ3n) is 9.51. The second-order valence-corrected chi connectivity index (χ2v) is 16.3. The van der Waals surface area contributed by atoms with Gasteiger partial charge in [0.1, 0.15) is 12.6 Å². The van der Waals surface area contributed by atoms with E-state index in [1.165, 1.54) is 128 Å². The number of rotatable bonds is 41. The summed E-state index contributed by atoms with van der Waals surface area (Å²) in [5.41, 5.74) is 5.33. The lowest BCUT2D eigenvalue weighted by molar-refractivity contribution is -0.161. The maximum Gasteiger partial charge on any atom is 0.472 e. The van der Waals surface area contributed by atoms with Gasteiger partial charge in [-0.05, 0) is 38.5 Å². The van der Waals surface area contributed by atoms with Crippen molar-refractivity contribution in [1.82, 2.24) is 0 Å². The topological polar surface area (TPSA) is 172 Å². The van der Waals surface area contributed by atoms with E-state index in [2.05, 4.69) is 30.5 Å². The minimum atomic E-state index is -4.71. The monoisotopic (exact) mass is 790 g/mol. The third kappa shape index (κ3) is 37.2. The maximum absolute atomic E-state index is 12.6. The number of ether oxygens (including phenoxy) is 2. The summed E-state index contributed by atoms with van der Waals surface area (Å²) in [5, 5.41) is 8.88. The summed E-state index contributed by atoms with van der Waals surface area (Å²) in [6, 6.07) is -1.52. The Labute approximate surface area is 328 Å². The normalized spacial score (nSPS) is 13.9. The van der Waals surface area contributed by atoms with Crippen molar-refractivity contribution in [2.24, 2.45) is 5.73 Å². The van der Waals surface area contributed by atoms with Crippen molar-refractivity contribution in [3.63, 3.8) is 0 Å². The molecule has 0 rings (SSSR count). The molecule has 4 N–H and O–H groups in total. The quantitative estimate of drug-likeness (QED) is 0.0233. The molecule has 54 heavy (non-hydrogen) atoms. The molecule has 11 nitrogen and oxygen atoms in total. The number of carbonyl (C=O) groups excluding carboxylic acids is 2. The number of unbranched alkanes of at least 4 members (excludes halogenated alkanes) is 25. The van der Waals surface area contributed by atoms with Gasteiger partial charge in [-0.3, -0.25) is 23.4 Å². The van der Waals surface area contributed by atoms with Gasteiger partial charge in [-0.1, -0.05) is 167 Å². The lowest BCUT2D eigenvalue weighted by Crippen LogP contribution is -2.34. The number of phosphoric ester groups is 1. The van der Waals surface area contributed by atoms with Crippen LogP contribution >= 0.6 is 7.82 Å². The molecule has 3 atom stereocenters. The Morgan fingerprint density at radius 1 is 0.556 bits per heavy atom. The smallest absolute Gasteiger partial charge is 0.472 e. The highest BCUT2D eigenvalue weighted by Gasteiger charge is 2.28. The average Bonchev–Trinajstić information content (AvgIpc) is 3.14. The lowest BCUT2D eigenvalue weighted by atomic mass is 10.1. The number of carbonyl (C=O) groups is 3. The molecule has 0 aromatic carbocycles. The van der Waals surface area contributed by atoms with E-state index >= 15 is 0 Å². The van der Waals surface area contributed by atoms with Crippen LogP contribution < -0.4 is 5.73 Å². The Kier molecular flexibility index (Phi) is 36.9. The van der Waals surface area contributed by atoms with E-state index in [-0.39, 0.29) is 19.4 Å². The largest absolute Gasteiger partial charge is 0.480 e. The second kappa shape index (κ2) is 38.1. The number of esters is 2. The summed E-state index contributed by atoms with van der Waals surface area (Å²) in [4.78, 5) is 45.9. The molecule has 0 fully saturated rings. The zero-order chi connectivity index (χ0) is 40.0. The lowest BCUT2D eigenvalue weighted by Gasteiger charge is -2.20. The first kappa shape index (κ1) is 52.2. The van der Waals surface area contributed by atoms with Gasteiger partial charge in [-0.25, -0.2) is 4.57 Å². The fourth-order valence-corrected chi connectivity index (χ4v) is 6.84. The van der Waals surface area contributed by atoms with Crippen LogP contribution in [0.1, 0.15) is 206 Å². The van der Waals surface area contributed by atoms with Crippen molar-refractivity contribution in [3.05, 3.63) is 12.2 Å². The van der Waals surface area contributed by atoms with Gasteiger partial charge in [0.05, 0.1) is 13.2 Å². The summed E-state index contributed by atoms with van der Waals surface area (Å²) >= 11 is 0. The van der Waals surface area contributed by atoms with E-state index in [1.54, 1.807) is 0 Å². The number of nitrogens with two attached hydrogens (primary N) is 1. The van der Waals surface area contributed by atoms with Crippen molar-refractivity contribution in [3.8, 4) is 0 Å².